The number of carbonyl (C=O) groups excluding carboxylic acids is 1. The lowest BCUT2D eigenvalue weighted by Gasteiger charge is -2.28. The lowest BCUT2D eigenvalue weighted by atomic mass is 10.1. The molecule has 0 spiro atoms. The molecule has 0 atom stereocenters. The van der Waals surface area contributed by atoms with E-state index in [0.29, 0.717) is 11.1 Å². The van der Waals surface area contributed by atoms with Crippen LogP contribution in [0.2, 0.25) is 0 Å². The zero-order valence-corrected chi connectivity index (χ0v) is 17.7. The smallest absolute Gasteiger partial charge is 0.214 e. The molecule has 1 heterocycles. The molecule has 1 aromatic heterocycles. The minimum atomic E-state index is 0.242. The number of carbonyl (C=O) groups is 1. The van der Waals surface area contributed by atoms with Gasteiger partial charge in [-0.05, 0) is 37.3 Å². The molecular weight excluding hydrogens is 374 g/mol. The average Bonchev–Trinajstić information content (AvgIpc) is 3.10. The number of hydrogen-bond donors (Lipinski definition) is 0. The average molecular weight is 401 g/mol. The lowest BCUT2D eigenvalue weighted by Crippen LogP contribution is -2.36. The summed E-state index contributed by atoms with van der Waals surface area (Å²) in [5, 5.41) is 0.937. The summed E-state index contributed by atoms with van der Waals surface area (Å²) in [5.41, 5.74) is 3.90. The highest BCUT2D eigenvalue weighted by Crippen LogP contribution is 2.38. The Balaban J connectivity index is 1.98. The van der Waals surface area contributed by atoms with Crippen LogP contribution in [-0.4, -0.2) is 53.0 Å². The summed E-state index contributed by atoms with van der Waals surface area (Å²) in [7, 11) is 8.02. The van der Waals surface area contributed by atoms with E-state index in [9.17, 15) is 4.79 Å². The zero-order chi connectivity index (χ0) is 20.3. The third-order valence-corrected chi connectivity index (χ3v) is 5.42. The van der Waals surface area contributed by atoms with Gasteiger partial charge in [-0.3, -0.25) is 9.28 Å². The molecule has 0 radical (unpaired) electrons. The number of fused-ring (bicyclic) bond motifs is 1. The van der Waals surface area contributed by atoms with Crippen LogP contribution in [-0.2, 0) is 9.53 Å². The number of amides is 1. The highest BCUT2D eigenvalue weighted by molar-refractivity contribution is 7.21. The fourth-order valence-corrected chi connectivity index (χ4v) is 3.85. The van der Waals surface area contributed by atoms with Gasteiger partial charge in [-0.2, -0.15) is 0 Å². The van der Waals surface area contributed by atoms with Crippen LogP contribution in [0.3, 0.4) is 0 Å². The van der Waals surface area contributed by atoms with Gasteiger partial charge in [0.1, 0.15) is 16.4 Å². The van der Waals surface area contributed by atoms with E-state index < -0.39 is 0 Å². The van der Waals surface area contributed by atoms with E-state index >= 15 is 0 Å². The minimum absolute atomic E-state index is 0.242. The third kappa shape index (κ3) is 4.32. The fraction of sp³-hybridized carbons (Fsp3) is 0.333. The molecule has 0 aliphatic rings. The second-order valence-electron chi connectivity index (χ2n) is 7.34. The monoisotopic (exact) mass is 400 g/mol. The van der Waals surface area contributed by atoms with Crippen LogP contribution in [0.1, 0.15) is 6.92 Å². The van der Waals surface area contributed by atoms with E-state index in [4.69, 9.17) is 14.5 Å². The number of benzene rings is 2. The van der Waals surface area contributed by atoms with Crippen molar-refractivity contribution in [1.82, 2.24) is 9.47 Å². The van der Waals surface area contributed by atoms with Gasteiger partial charge in [0.15, 0.2) is 12.5 Å². The zero-order valence-electron chi connectivity index (χ0n) is 16.9. The van der Waals surface area contributed by atoms with Crippen LogP contribution >= 0.6 is 11.3 Å². The number of quaternary nitrogens is 1. The van der Waals surface area contributed by atoms with E-state index in [1.165, 1.54) is 0 Å². The number of anilines is 1. The van der Waals surface area contributed by atoms with Crippen molar-refractivity contribution in [3.05, 3.63) is 36.4 Å². The van der Waals surface area contributed by atoms with Gasteiger partial charge in [-0.15, -0.1) is 11.3 Å². The molecule has 3 rings (SSSR count). The molecule has 148 valence electrons. The van der Waals surface area contributed by atoms with Gasteiger partial charge in [0.05, 0.1) is 31.4 Å². The van der Waals surface area contributed by atoms with Crippen molar-refractivity contribution in [3.63, 3.8) is 0 Å². The Labute approximate surface area is 169 Å². The fourth-order valence-electron chi connectivity index (χ4n) is 2.86. The maximum atomic E-state index is 11.3. The quantitative estimate of drug-likeness (QED) is 0.247. The summed E-state index contributed by atoms with van der Waals surface area (Å²) >= 11 is 1.62. The van der Waals surface area contributed by atoms with Crippen molar-refractivity contribution in [2.75, 3.05) is 46.5 Å². The van der Waals surface area contributed by atoms with Crippen LogP contribution in [0.15, 0.2) is 36.4 Å². The highest BCUT2D eigenvalue weighted by atomic mass is 32.1. The number of nitrogens with zero attached hydrogens (tertiary/aromatic N) is 3. The van der Waals surface area contributed by atoms with E-state index in [0.717, 1.165) is 44.3 Å². The van der Waals surface area contributed by atoms with Gasteiger partial charge in [0.2, 0.25) is 6.41 Å². The molecule has 2 aromatic carbocycles. The molecule has 0 N–H and O–H groups in total. The summed E-state index contributed by atoms with van der Waals surface area (Å²) in [5.74, 6) is 0.770. The van der Waals surface area contributed by atoms with Gasteiger partial charge in [-0.25, -0.2) is 4.98 Å². The molecule has 28 heavy (non-hydrogen) atoms. The van der Waals surface area contributed by atoms with Crippen molar-refractivity contribution in [2.24, 2.45) is 0 Å². The van der Waals surface area contributed by atoms with Crippen molar-refractivity contribution >= 4 is 39.3 Å². The van der Waals surface area contributed by atoms with E-state index in [1.807, 2.05) is 37.3 Å². The second kappa shape index (κ2) is 8.26. The summed E-state index contributed by atoms with van der Waals surface area (Å²) < 4.78 is 12.5. The molecule has 0 bridgehead atoms. The van der Waals surface area contributed by atoms with E-state index in [-0.39, 0.29) is 6.79 Å². The number of ether oxygens (including phenoxy) is 2. The van der Waals surface area contributed by atoms with Crippen molar-refractivity contribution in [3.8, 4) is 16.3 Å². The maximum absolute atomic E-state index is 11.3. The number of rotatable bonds is 8. The minimum Gasteiger partial charge on any atom is -0.468 e. The third-order valence-electron chi connectivity index (χ3n) is 4.36. The molecule has 1 amide bonds. The maximum Gasteiger partial charge on any atom is 0.214 e. The summed E-state index contributed by atoms with van der Waals surface area (Å²) in [6, 6.07) is 12.0. The molecule has 6 nitrogen and oxygen atoms in total. The highest BCUT2D eigenvalue weighted by Gasteiger charge is 2.22. The Hall–Kier alpha value is -2.48. The van der Waals surface area contributed by atoms with Crippen molar-refractivity contribution < 1.29 is 14.3 Å². The molecule has 0 aliphatic heterocycles. The predicted molar refractivity (Wildman–Crippen MR) is 116 cm³/mol. The van der Waals surface area contributed by atoms with Crippen LogP contribution in [0.5, 0.6) is 5.75 Å². The Morgan fingerprint density at radius 3 is 2.64 bits per heavy atom. The first-order valence-corrected chi connectivity index (χ1v) is 9.91. The Bertz CT molecular complexity index is 979. The van der Waals surface area contributed by atoms with Crippen molar-refractivity contribution in [1.29, 1.82) is 0 Å². The standard InChI is InChI=1S/C21H26N3O3S/c1-6-26-14-27-16-8-9-17-20(12-16)28-21(22-17)15-7-10-18(23(2)13-25)19(11-15)24(3,4)5/h7-13H,6,14H2,1-5H3/q+1. The first kappa shape index (κ1) is 20.3. The Kier molecular flexibility index (Phi) is 5.98. The van der Waals surface area contributed by atoms with Crippen LogP contribution in [0.25, 0.3) is 20.8 Å². The number of hydrogen-bond acceptors (Lipinski definition) is 5. The molecule has 0 aliphatic carbocycles. The first-order chi connectivity index (χ1) is 13.3. The topological polar surface area (TPSA) is 51.7 Å². The lowest BCUT2D eigenvalue weighted by molar-refractivity contribution is -0.107. The molecule has 7 heteroatoms. The van der Waals surface area contributed by atoms with Crippen LogP contribution in [0.4, 0.5) is 11.4 Å². The summed E-state index contributed by atoms with van der Waals surface area (Å²) in [6.07, 6.45) is 0.829. The molecule has 3 aromatic rings. The number of thiazole rings is 1. The SMILES string of the molecule is CCOCOc1ccc2nc(-c3ccc(N(C)C=O)c([N+](C)(C)C)c3)sc2c1. The van der Waals surface area contributed by atoms with E-state index in [2.05, 4.69) is 27.2 Å². The van der Waals surface area contributed by atoms with E-state index in [1.54, 1.807) is 23.3 Å². The van der Waals surface area contributed by atoms with Gasteiger partial charge in [0, 0.05) is 25.3 Å². The Morgan fingerprint density at radius 2 is 1.96 bits per heavy atom. The van der Waals surface area contributed by atoms with Crippen LogP contribution in [0, 0.1) is 0 Å². The Morgan fingerprint density at radius 1 is 1.18 bits per heavy atom. The first-order valence-electron chi connectivity index (χ1n) is 9.09. The van der Waals surface area contributed by atoms with Gasteiger partial charge in [-0.1, -0.05) is 0 Å². The van der Waals surface area contributed by atoms with Crippen LogP contribution < -0.4 is 14.1 Å². The largest absolute Gasteiger partial charge is 0.468 e. The van der Waals surface area contributed by atoms with Gasteiger partial charge in [0.25, 0.3) is 0 Å². The molecule has 0 saturated carbocycles. The normalized spacial score (nSPS) is 11.6. The van der Waals surface area contributed by atoms with Crippen molar-refractivity contribution in [2.45, 2.75) is 6.92 Å². The summed E-state index contributed by atoms with van der Waals surface area (Å²) in [4.78, 5) is 17.7. The molecule has 0 saturated heterocycles. The number of aromatic nitrogens is 1. The molecule has 0 fully saturated rings. The molecular formula is C21H26N3O3S+. The van der Waals surface area contributed by atoms with Gasteiger partial charge >= 0.3 is 0 Å². The second-order valence-corrected chi connectivity index (χ2v) is 8.37. The van der Waals surface area contributed by atoms with Gasteiger partial charge < -0.3 is 14.4 Å². The predicted octanol–water partition coefficient (Wildman–Crippen LogP) is 4.13. The molecule has 0 unspecified atom stereocenters. The summed E-state index contributed by atoms with van der Waals surface area (Å²) in [6.45, 7) is 2.80.